The van der Waals surface area contributed by atoms with E-state index >= 15 is 0 Å². The van der Waals surface area contributed by atoms with Gasteiger partial charge in [0.05, 0.1) is 6.42 Å². The number of hydrogen-bond donors (Lipinski definition) is 2. The van der Waals surface area contributed by atoms with Gasteiger partial charge in [0, 0.05) is 5.56 Å². The minimum Gasteiger partial charge on any atom is -0.507 e. The van der Waals surface area contributed by atoms with Gasteiger partial charge in [-0.15, -0.1) is 0 Å². The summed E-state index contributed by atoms with van der Waals surface area (Å²) in [6.07, 6.45) is 5.77. The fourth-order valence-corrected chi connectivity index (χ4v) is 2.66. The fraction of sp³-hybridized carbons (Fsp3) is 0.500. The summed E-state index contributed by atoms with van der Waals surface area (Å²) in [5.74, 6) is -0.305. The summed E-state index contributed by atoms with van der Waals surface area (Å²) in [5, 5.41) is 18.9. The number of phenols is 1. The maximum absolute atomic E-state index is 10.7. The number of rotatable bonds is 3. The summed E-state index contributed by atoms with van der Waals surface area (Å²) in [6.45, 7) is 0. The average molecular weight is 234 g/mol. The van der Waals surface area contributed by atoms with Crippen LogP contribution in [0.1, 0.15) is 49.1 Å². The van der Waals surface area contributed by atoms with Gasteiger partial charge in [0.15, 0.2) is 0 Å². The zero-order chi connectivity index (χ0) is 12.3. The molecule has 0 heterocycles. The van der Waals surface area contributed by atoms with E-state index in [4.69, 9.17) is 5.11 Å². The van der Waals surface area contributed by atoms with E-state index in [-0.39, 0.29) is 12.2 Å². The summed E-state index contributed by atoms with van der Waals surface area (Å²) in [4.78, 5) is 10.7. The quantitative estimate of drug-likeness (QED) is 0.845. The van der Waals surface area contributed by atoms with Gasteiger partial charge >= 0.3 is 5.97 Å². The Kier molecular flexibility index (Phi) is 3.67. The normalized spacial score (nSPS) is 16.9. The molecule has 2 rings (SSSR count). The summed E-state index contributed by atoms with van der Waals surface area (Å²) >= 11 is 0. The van der Waals surface area contributed by atoms with Gasteiger partial charge < -0.3 is 10.2 Å². The SMILES string of the molecule is O=C(O)Cc1cccc(C2CCCCC2)c1O. The van der Waals surface area contributed by atoms with E-state index in [1.54, 1.807) is 6.07 Å². The van der Waals surface area contributed by atoms with Crippen LogP contribution in [0.5, 0.6) is 5.75 Å². The molecule has 92 valence electrons. The number of phenolic OH excluding ortho intramolecular Hbond substituents is 1. The van der Waals surface area contributed by atoms with Crippen LogP contribution in [0.4, 0.5) is 0 Å². The van der Waals surface area contributed by atoms with Crippen LogP contribution in [0.2, 0.25) is 0 Å². The predicted molar refractivity (Wildman–Crippen MR) is 65.3 cm³/mol. The Balaban J connectivity index is 2.24. The number of carboxylic acid groups (broad SMARTS) is 1. The lowest BCUT2D eigenvalue weighted by atomic mass is 9.83. The highest BCUT2D eigenvalue weighted by Crippen LogP contribution is 2.38. The van der Waals surface area contributed by atoms with Crippen LogP contribution in [0, 0.1) is 0 Å². The first-order valence-electron chi connectivity index (χ1n) is 6.21. The van der Waals surface area contributed by atoms with Gasteiger partial charge in [-0.1, -0.05) is 37.5 Å². The molecule has 0 radical (unpaired) electrons. The van der Waals surface area contributed by atoms with E-state index in [1.165, 1.54) is 19.3 Å². The number of carbonyl (C=O) groups is 1. The van der Waals surface area contributed by atoms with Crippen molar-refractivity contribution in [2.24, 2.45) is 0 Å². The molecule has 1 saturated carbocycles. The maximum atomic E-state index is 10.7. The second-order valence-corrected chi connectivity index (χ2v) is 4.76. The molecule has 1 aromatic carbocycles. The minimum absolute atomic E-state index is 0.105. The molecule has 0 saturated heterocycles. The van der Waals surface area contributed by atoms with Crippen LogP contribution in [-0.4, -0.2) is 16.2 Å². The first-order valence-corrected chi connectivity index (χ1v) is 6.21. The number of aromatic hydroxyl groups is 1. The van der Waals surface area contributed by atoms with Gasteiger partial charge in [-0.2, -0.15) is 0 Å². The van der Waals surface area contributed by atoms with Crippen molar-refractivity contribution in [3.05, 3.63) is 29.3 Å². The molecule has 3 heteroatoms. The molecule has 1 fully saturated rings. The van der Waals surface area contributed by atoms with Crippen LogP contribution in [0.15, 0.2) is 18.2 Å². The molecule has 0 unspecified atom stereocenters. The molecular formula is C14H18O3. The molecule has 0 spiro atoms. The van der Waals surface area contributed by atoms with Crippen LogP contribution in [-0.2, 0) is 11.2 Å². The molecule has 0 atom stereocenters. The molecule has 1 aromatic rings. The zero-order valence-electron chi connectivity index (χ0n) is 9.85. The third-order valence-electron chi connectivity index (χ3n) is 3.54. The van der Waals surface area contributed by atoms with E-state index in [2.05, 4.69) is 0 Å². The van der Waals surface area contributed by atoms with Gasteiger partial charge in [0.1, 0.15) is 5.75 Å². The van der Waals surface area contributed by atoms with E-state index in [0.29, 0.717) is 11.5 Å². The number of aliphatic carboxylic acids is 1. The number of hydrogen-bond acceptors (Lipinski definition) is 2. The van der Waals surface area contributed by atoms with Gasteiger partial charge in [0.2, 0.25) is 0 Å². The molecule has 1 aliphatic carbocycles. The lowest BCUT2D eigenvalue weighted by Gasteiger charge is -2.23. The van der Waals surface area contributed by atoms with Crippen LogP contribution in [0.3, 0.4) is 0 Å². The first-order chi connectivity index (χ1) is 8.18. The second-order valence-electron chi connectivity index (χ2n) is 4.76. The van der Waals surface area contributed by atoms with Crippen molar-refractivity contribution in [3.63, 3.8) is 0 Å². The summed E-state index contributed by atoms with van der Waals surface area (Å²) < 4.78 is 0. The molecule has 2 N–H and O–H groups in total. The van der Waals surface area contributed by atoms with Crippen molar-refractivity contribution in [3.8, 4) is 5.75 Å². The van der Waals surface area contributed by atoms with Gasteiger partial charge in [-0.3, -0.25) is 4.79 Å². The summed E-state index contributed by atoms with van der Waals surface area (Å²) in [6, 6.07) is 5.47. The lowest BCUT2D eigenvalue weighted by molar-refractivity contribution is -0.136. The highest BCUT2D eigenvalue weighted by molar-refractivity contribution is 5.71. The standard InChI is InChI=1S/C14H18O3/c15-13(16)9-11-7-4-8-12(14(11)17)10-5-2-1-3-6-10/h4,7-8,10,17H,1-3,5-6,9H2,(H,15,16). The Morgan fingerprint density at radius 1 is 1.24 bits per heavy atom. The maximum Gasteiger partial charge on any atom is 0.307 e. The largest absolute Gasteiger partial charge is 0.507 e. The third kappa shape index (κ3) is 2.78. The predicted octanol–water partition coefficient (Wildman–Crippen LogP) is 3.07. The third-order valence-corrected chi connectivity index (χ3v) is 3.54. The van der Waals surface area contributed by atoms with Crippen molar-refractivity contribution in [1.82, 2.24) is 0 Å². The molecule has 3 nitrogen and oxygen atoms in total. The van der Waals surface area contributed by atoms with Crippen molar-refractivity contribution >= 4 is 5.97 Å². The van der Waals surface area contributed by atoms with Gasteiger partial charge in [-0.25, -0.2) is 0 Å². The fourth-order valence-electron chi connectivity index (χ4n) is 2.66. The van der Waals surface area contributed by atoms with E-state index in [1.807, 2.05) is 12.1 Å². The molecular weight excluding hydrogens is 216 g/mol. The molecule has 0 bridgehead atoms. The lowest BCUT2D eigenvalue weighted by Crippen LogP contribution is -2.07. The van der Waals surface area contributed by atoms with E-state index in [0.717, 1.165) is 18.4 Å². The smallest absolute Gasteiger partial charge is 0.307 e. The topological polar surface area (TPSA) is 57.5 Å². The highest BCUT2D eigenvalue weighted by Gasteiger charge is 2.20. The van der Waals surface area contributed by atoms with Crippen molar-refractivity contribution in [2.45, 2.75) is 44.4 Å². The Bertz CT molecular complexity index is 406. The van der Waals surface area contributed by atoms with Crippen LogP contribution >= 0.6 is 0 Å². The Morgan fingerprint density at radius 3 is 2.59 bits per heavy atom. The van der Waals surface area contributed by atoms with Crippen molar-refractivity contribution < 1.29 is 15.0 Å². The second kappa shape index (κ2) is 5.21. The molecule has 1 aliphatic rings. The molecule has 0 aromatic heterocycles. The van der Waals surface area contributed by atoms with Crippen LogP contribution < -0.4 is 0 Å². The van der Waals surface area contributed by atoms with Crippen molar-refractivity contribution in [1.29, 1.82) is 0 Å². The molecule has 0 aliphatic heterocycles. The van der Waals surface area contributed by atoms with E-state index in [9.17, 15) is 9.90 Å². The van der Waals surface area contributed by atoms with Gasteiger partial charge in [-0.05, 0) is 24.3 Å². The monoisotopic (exact) mass is 234 g/mol. The minimum atomic E-state index is -0.902. The van der Waals surface area contributed by atoms with Gasteiger partial charge in [0.25, 0.3) is 0 Å². The summed E-state index contributed by atoms with van der Waals surface area (Å²) in [7, 11) is 0. The average Bonchev–Trinajstić information content (AvgIpc) is 2.32. The van der Waals surface area contributed by atoms with E-state index < -0.39 is 5.97 Å². The Morgan fingerprint density at radius 2 is 1.94 bits per heavy atom. The first kappa shape index (κ1) is 12.0. The molecule has 17 heavy (non-hydrogen) atoms. The van der Waals surface area contributed by atoms with Crippen molar-refractivity contribution in [2.75, 3.05) is 0 Å². The highest BCUT2D eigenvalue weighted by atomic mass is 16.4. The number of benzene rings is 1. The Labute approximate surface area is 101 Å². The zero-order valence-corrected chi connectivity index (χ0v) is 9.85. The number of carboxylic acids is 1. The molecule has 0 amide bonds. The summed E-state index contributed by atoms with van der Waals surface area (Å²) in [5.41, 5.74) is 1.46. The number of para-hydroxylation sites is 1. The van der Waals surface area contributed by atoms with Crippen LogP contribution in [0.25, 0.3) is 0 Å². The Hall–Kier alpha value is -1.51.